The third kappa shape index (κ3) is 3.08. The molecule has 4 heteroatoms. The Balaban J connectivity index is 2.17. The van der Waals surface area contributed by atoms with Crippen molar-refractivity contribution >= 4 is 0 Å². The van der Waals surface area contributed by atoms with Gasteiger partial charge in [-0.1, -0.05) is 12.1 Å². The fourth-order valence-corrected chi connectivity index (χ4v) is 1.55. The van der Waals surface area contributed by atoms with Crippen molar-refractivity contribution < 1.29 is 9.13 Å². The molecule has 2 aromatic rings. The van der Waals surface area contributed by atoms with E-state index in [1.165, 1.54) is 12.1 Å². The van der Waals surface area contributed by atoms with Crippen LogP contribution in [-0.2, 0) is 6.42 Å². The van der Waals surface area contributed by atoms with Crippen molar-refractivity contribution in [3.8, 4) is 23.6 Å². The van der Waals surface area contributed by atoms with Crippen LogP contribution >= 0.6 is 0 Å². The van der Waals surface area contributed by atoms with E-state index in [1.54, 1.807) is 24.3 Å². The normalized spacial score (nSPS) is 9.42. The standard InChI is InChI=1S/C15H9FN2O/c16-14-9-12(10-18)3-6-15(14)19-13-4-1-11(2-5-13)7-8-17/h1-6,9H,7H2. The predicted octanol–water partition coefficient (Wildman–Crippen LogP) is 3.56. The molecule has 92 valence electrons. The third-order valence-electron chi connectivity index (χ3n) is 2.50. The molecule has 0 atom stereocenters. The van der Waals surface area contributed by atoms with Crippen LogP contribution in [0.3, 0.4) is 0 Å². The maximum Gasteiger partial charge on any atom is 0.167 e. The second kappa shape index (κ2) is 5.66. The molecule has 0 amide bonds. The average Bonchev–Trinajstić information content (AvgIpc) is 2.43. The molecular weight excluding hydrogens is 243 g/mol. The first-order valence-corrected chi connectivity index (χ1v) is 5.56. The fraction of sp³-hybridized carbons (Fsp3) is 0.0667. The van der Waals surface area contributed by atoms with Crippen LogP contribution in [0.4, 0.5) is 4.39 Å². The summed E-state index contributed by atoms with van der Waals surface area (Å²) in [5.41, 5.74) is 1.12. The second-order valence-corrected chi connectivity index (χ2v) is 3.84. The lowest BCUT2D eigenvalue weighted by molar-refractivity contribution is 0.442. The van der Waals surface area contributed by atoms with Gasteiger partial charge in [0.25, 0.3) is 0 Å². The molecule has 0 aromatic heterocycles. The average molecular weight is 252 g/mol. The molecule has 0 saturated carbocycles. The number of hydrogen-bond acceptors (Lipinski definition) is 3. The summed E-state index contributed by atoms with van der Waals surface area (Å²) < 4.78 is 19.0. The molecule has 0 radical (unpaired) electrons. The Kier molecular flexibility index (Phi) is 3.75. The van der Waals surface area contributed by atoms with E-state index in [0.29, 0.717) is 12.2 Å². The molecule has 0 bridgehead atoms. The lowest BCUT2D eigenvalue weighted by Gasteiger charge is -2.07. The number of halogens is 1. The van der Waals surface area contributed by atoms with E-state index in [2.05, 4.69) is 0 Å². The number of ether oxygens (including phenoxy) is 1. The summed E-state index contributed by atoms with van der Waals surface area (Å²) in [6.07, 6.45) is 0.325. The summed E-state index contributed by atoms with van der Waals surface area (Å²) in [7, 11) is 0. The first kappa shape index (κ1) is 12.6. The van der Waals surface area contributed by atoms with Crippen molar-refractivity contribution in [2.45, 2.75) is 6.42 Å². The van der Waals surface area contributed by atoms with Crippen molar-refractivity contribution in [2.75, 3.05) is 0 Å². The molecule has 3 nitrogen and oxygen atoms in total. The quantitative estimate of drug-likeness (QED) is 0.839. The highest BCUT2D eigenvalue weighted by atomic mass is 19.1. The maximum atomic E-state index is 13.6. The van der Waals surface area contributed by atoms with E-state index >= 15 is 0 Å². The molecule has 0 aliphatic heterocycles. The van der Waals surface area contributed by atoms with E-state index in [-0.39, 0.29) is 11.3 Å². The molecule has 0 heterocycles. The van der Waals surface area contributed by atoms with Crippen molar-refractivity contribution in [1.82, 2.24) is 0 Å². The van der Waals surface area contributed by atoms with Gasteiger partial charge in [0.15, 0.2) is 11.6 Å². The number of rotatable bonds is 3. The highest BCUT2D eigenvalue weighted by Crippen LogP contribution is 2.25. The van der Waals surface area contributed by atoms with Gasteiger partial charge in [0.1, 0.15) is 5.75 Å². The minimum Gasteiger partial charge on any atom is -0.454 e. The van der Waals surface area contributed by atoms with Crippen LogP contribution < -0.4 is 4.74 Å². The van der Waals surface area contributed by atoms with Gasteiger partial charge in [-0.15, -0.1) is 0 Å². The Morgan fingerprint density at radius 2 is 1.79 bits per heavy atom. The minimum atomic E-state index is -0.583. The van der Waals surface area contributed by atoms with Crippen LogP contribution in [0.15, 0.2) is 42.5 Å². The molecule has 0 aliphatic rings. The molecule has 19 heavy (non-hydrogen) atoms. The molecule has 0 saturated heterocycles. The molecule has 0 aliphatic carbocycles. The lowest BCUT2D eigenvalue weighted by Crippen LogP contribution is -1.90. The highest BCUT2D eigenvalue weighted by molar-refractivity contribution is 5.39. The predicted molar refractivity (Wildman–Crippen MR) is 66.9 cm³/mol. The van der Waals surface area contributed by atoms with Crippen molar-refractivity contribution in [3.63, 3.8) is 0 Å². The zero-order chi connectivity index (χ0) is 13.7. The van der Waals surface area contributed by atoms with Gasteiger partial charge < -0.3 is 4.74 Å². The SMILES string of the molecule is N#CCc1ccc(Oc2ccc(C#N)cc2F)cc1. The second-order valence-electron chi connectivity index (χ2n) is 3.84. The van der Waals surface area contributed by atoms with E-state index in [0.717, 1.165) is 11.6 Å². The largest absolute Gasteiger partial charge is 0.454 e. The van der Waals surface area contributed by atoms with Gasteiger partial charge >= 0.3 is 0 Å². The van der Waals surface area contributed by atoms with E-state index < -0.39 is 5.82 Å². The van der Waals surface area contributed by atoms with Gasteiger partial charge in [-0.25, -0.2) is 4.39 Å². The fourth-order valence-electron chi connectivity index (χ4n) is 1.55. The topological polar surface area (TPSA) is 56.8 Å². The molecule has 2 aromatic carbocycles. The van der Waals surface area contributed by atoms with Crippen molar-refractivity contribution in [3.05, 3.63) is 59.4 Å². The van der Waals surface area contributed by atoms with Gasteiger partial charge in [0.2, 0.25) is 0 Å². The Morgan fingerprint density at radius 1 is 1.05 bits per heavy atom. The third-order valence-corrected chi connectivity index (χ3v) is 2.50. The molecule has 0 fully saturated rings. The Morgan fingerprint density at radius 3 is 2.37 bits per heavy atom. The van der Waals surface area contributed by atoms with Gasteiger partial charge in [-0.3, -0.25) is 0 Å². The van der Waals surface area contributed by atoms with E-state index in [4.69, 9.17) is 15.3 Å². The van der Waals surface area contributed by atoms with Crippen LogP contribution in [0.1, 0.15) is 11.1 Å². The molecule has 0 unspecified atom stereocenters. The van der Waals surface area contributed by atoms with Crippen LogP contribution in [-0.4, -0.2) is 0 Å². The Labute approximate surface area is 110 Å². The zero-order valence-corrected chi connectivity index (χ0v) is 9.93. The molecule has 0 spiro atoms. The molecular formula is C15H9FN2O. The van der Waals surface area contributed by atoms with Crippen molar-refractivity contribution in [2.24, 2.45) is 0 Å². The van der Waals surface area contributed by atoms with E-state index in [1.807, 2.05) is 12.1 Å². The smallest absolute Gasteiger partial charge is 0.167 e. The Bertz CT molecular complexity index is 666. The van der Waals surface area contributed by atoms with Gasteiger partial charge in [0, 0.05) is 0 Å². The molecule has 0 N–H and O–H groups in total. The number of benzene rings is 2. The van der Waals surface area contributed by atoms with E-state index in [9.17, 15) is 4.39 Å². The first-order valence-electron chi connectivity index (χ1n) is 5.56. The van der Waals surface area contributed by atoms with Crippen LogP contribution in [0.25, 0.3) is 0 Å². The van der Waals surface area contributed by atoms with Crippen LogP contribution in [0, 0.1) is 28.5 Å². The summed E-state index contributed by atoms with van der Waals surface area (Å²) in [6.45, 7) is 0. The van der Waals surface area contributed by atoms with Gasteiger partial charge in [-0.05, 0) is 35.9 Å². The summed E-state index contributed by atoms with van der Waals surface area (Å²) in [5.74, 6) is -0.0440. The van der Waals surface area contributed by atoms with Crippen LogP contribution in [0.2, 0.25) is 0 Å². The summed E-state index contributed by atoms with van der Waals surface area (Å²) >= 11 is 0. The number of nitrogens with zero attached hydrogens (tertiary/aromatic N) is 2. The molecule has 2 rings (SSSR count). The van der Waals surface area contributed by atoms with Gasteiger partial charge in [0.05, 0.1) is 24.1 Å². The summed E-state index contributed by atoms with van der Waals surface area (Å²) in [5, 5.41) is 17.2. The summed E-state index contributed by atoms with van der Waals surface area (Å²) in [6, 6.07) is 14.8. The summed E-state index contributed by atoms with van der Waals surface area (Å²) in [4.78, 5) is 0. The maximum absolute atomic E-state index is 13.6. The lowest BCUT2D eigenvalue weighted by atomic mass is 10.1. The van der Waals surface area contributed by atoms with Crippen LogP contribution in [0.5, 0.6) is 11.5 Å². The monoisotopic (exact) mass is 252 g/mol. The zero-order valence-electron chi connectivity index (χ0n) is 9.93. The van der Waals surface area contributed by atoms with Gasteiger partial charge in [-0.2, -0.15) is 10.5 Å². The Hall–Kier alpha value is -2.85. The number of nitriles is 2. The minimum absolute atomic E-state index is 0.0621. The van der Waals surface area contributed by atoms with Crippen molar-refractivity contribution in [1.29, 1.82) is 10.5 Å². The highest BCUT2D eigenvalue weighted by Gasteiger charge is 2.06. The first-order chi connectivity index (χ1) is 9.22. The number of hydrogen-bond donors (Lipinski definition) is 0.